The molecule has 2 saturated carbocycles. The third kappa shape index (κ3) is 0.936. The molecule has 0 unspecified atom stereocenters. The molecule has 0 spiro atoms. The SMILES string of the molecule is CC1(C)[C@@H]2CC[C@@H]1[C@H]1NS(=O)(=O)C[C@@H]12. The molecule has 2 aliphatic carbocycles. The van der Waals surface area contributed by atoms with E-state index in [9.17, 15) is 8.42 Å². The maximum absolute atomic E-state index is 11.5. The topological polar surface area (TPSA) is 46.2 Å². The first-order valence-electron chi connectivity index (χ1n) is 5.42. The lowest BCUT2D eigenvalue weighted by molar-refractivity contribution is 0.240. The number of sulfonamides is 1. The second-order valence-electron chi connectivity index (χ2n) is 5.70. The minimum absolute atomic E-state index is 0.258. The molecule has 0 amide bonds. The van der Waals surface area contributed by atoms with Crippen LogP contribution in [0.15, 0.2) is 0 Å². The van der Waals surface area contributed by atoms with Crippen molar-refractivity contribution in [2.75, 3.05) is 5.75 Å². The van der Waals surface area contributed by atoms with Gasteiger partial charge in [-0.15, -0.1) is 0 Å². The lowest BCUT2D eigenvalue weighted by Crippen LogP contribution is -2.35. The van der Waals surface area contributed by atoms with Crippen molar-refractivity contribution >= 4 is 10.0 Å². The van der Waals surface area contributed by atoms with E-state index in [1.807, 2.05) is 0 Å². The summed E-state index contributed by atoms with van der Waals surface area (Å²) in [5.41, 5.74) is 0.359. The van der Waals surface area contributed by atoms with Gasteiger partial charge in [0.2, 0.25) is 10.0 Å². The quantitative estimate of drug-likeness (QED) is 0.654. The highest BCUT2D eigenvalue weighted by molar-refractivity contribution is 7.89. The van der Waals surface area contributed by atoms with Gasteiger partial charge in [-0.2, -0.15) is 0 Å². The lowest BCUT2D eigenvalue weighted by atomic mass is 9.80. The molecule has 2 bridgehead atoms. The second-order valence-corrected chi connectivity index (χ2v) is 7.50. The van der Waals surface area contributed by atoms with Crippen LogP contribution >= 0.6 is 0 Å². The molecule has 3 aliphatic rings. The molecular weight excluding hydrogens is 198 g/mol. The molecule has 1 saturated heterocycles. The Morgan fingerprint density at radius 3 is 2.50 bits per heavy atom. The summed E-state index contributed by atoms with van der Waals surface area (Å²) in [6, 6.07) is 0.258. The van der Waals surface area contributed by atoms with E-state index in [2.05, 4.69) is 18.6 Å². The van der Waals surface area contributed by atoms with Crippen LogP contribution in [0, 0.1) is 23.2 Å². The smallest absolute Gasteiger partial charge is 0.212 e. The van der Waals surface area contributed by atoms with Crippen LogP contribution in [0.5, 0.6) is 0 Å². The van der Waals surface area contributed by atoms with E-state index >= 15 is 0 Å². The summed E-state index contributed by atoms with van der Waals surface area (Å²) in [5.74, 6) is 1.98. The van der Waals surface area contributed by atoms with Crippen LogP contribution in [0.2, 0.25) is 0 Å². The van der Waals surface area contributed by atoms with Gasteiger partial charge in [-0.25, -0.2) is 13.1 Å². The maximum Gasteiger partial charge on any atom is 0.212 e. The average molecular weight is 215 g/mol. The van der Waals surface area contributed by atoms with E-state index in [0.29, 0.717) is 28.9 Å². The molecular formula is C10H17NO2S. The maximum atomic E-state index is 11.5. The van der Waals surface area contributed by atoms with Gasteiger partial charge in [0, 0.05) is 6.04 Å². The van der Waals surface area contributed by atoms with Crippen molar-refractivity contribution in [2.45, 2.75) is 32.7 Å². The highest BCUT2D eigenvalue weighted by Gasteiger charge is 2.62. The molecule has 4 heteroatoms. The molecule has 3 rings (SSSR count). The van der Waals surface area contributed by atoms with Crippen molar-refractivity contribution in [3.63, 3.8) is 0 Å². The van der Waals surface area contributed by atoms with Crippen LogP contribution in [0.3, 0.4) is 0 Å². The van der Waals surface area contributed by atoms with E-state index in [1.54, 1.807) is 0 Å². The molecule has 14 heavy (non-hydrogen) atoms. The summed E-state index contributed by atoms with van der Waals surface area (Å²) in [4.78, 5) is 0. The Bertz CT molecular complexity index is 346. The molecule has 0 aromatic carbocycles. The fraction of sp³-hybridized carbons (Fsp3) is 1.00. The minimum Gasteiger partial charge on any atom is -0.212 e. The van der Waals surface area contributed by atoms with Crippen LogP contribution in [0.25, 0.3) is 0 Å². The standard InChI is InChI=1S/C10H17NO2S/c1-10(2)7-3-4-8(10)9-6(7)5-14(12,13)11-9/h6-9,11H,3-5H2,1-2H3/t6-,7-,8-,9+/m1/s1. The normalized spacial score (nSPS) is 52.1. The predicted octanol–water partition coefficient (Wildman–Crippen LogP) is 0.970. The van der Waals surface area contributed by atoms with Crippen LogP contribution in [0.4, 0.5) is 0 Å². The Kier molecular flexibility index (Phi) is 1.54. The first-order chi connectivity index (χ1) is 6.42. The van der Waals surface area contributed by atoms with Gasteiger partial charge in [0.1, 0.15) is 0 Å². The third-order valence-electron chi connectivity index (χ3n) is 4.84. The Labute approximate surface area is 85.3 Å². The van der Waals surface area contributed by atoms with Crippen molar-refractivity contribution in [1.82, 2.24) is 4.72 Å². The summed E-state index contributed by atoms with van der Waals surface area (Å²) < 4.78 is 25.8. The van der Waals surface area contributed by atoms with Crippen molar-refractivity contribution < 1.29 is 8.42 Å². The van der Waals surface area contributed by atoms with Crippen LogP contribution < -0.4 is 4.72 Å². The van der Waals surface area contributed by atoms with Gasteiger partial charge in [0.05, 0.1) is 5.75 Å². The van der Waals surface area contributed by atoms with Gasteiger partial charge in [-0.3, -0.25) is 0 Å². The molecule has 0 aromatic heterocycles. The van der Waals surface area contributed by atoms with Crippen molar-refractivity contribution in [3.05, 3.63) is 0 Å². The molecule has 3 fully saturated rings. The van der Waals surface area contributed by atoms with Gasteiger partial charge in [0.15, 0.2) is 0 Å². The monoisotopic (exact) mass is 215 g/mol. The first-order valence-corrected chi connectivity index (χ1v) is 7.07. The van der Waals surface area contributed by atoms with E-state index in [-0.39, 0.29) is 6.04 Å². The summed E-state index contributed by atoms with van der Waals surface area (Å²) in [6.07, 6.45) is 2.44. The molecule has 4 atom stereocenters. The Hall–Kier alpha value is -0.0900. The highest BCUT2D eigenvalue weighted by Crippen LogP contribution is 2.61. The molecule has 0 aromatic rings. The summed E-state index contributed by atoms with van der Waals surface area (Å²) in [6.45, 7) is 4.61. The summed E-state index contributed by atoms with van der Waals surface area (Å²) >= 11 is 0. The highest BCUT2D eigenvalue weighted by atomic mass is 32.2. The van der Waals surface area contributed by atoms with Gasteiger partial charge in [-0.1, -0.05) is 13.8 Å². The zero-order valence-corrected chi connectivity index (χ0v) is 9.47. The number of hydrogen-bond donors (Lipinski definition) is 1. The zero-order valence-electron chi connectivity index (χ0n) is 8.66. The molecule has 3 nitrogen and oxygen atoms in total. The molecule has 1 aliphatic heterocycles. The first kappa shape index (κ1) is 9.16. The summed E-state index contributed by atoms with van der Waals surface area (Å²) in [5, 5.41) is 0. The van der Waals surface area contributed by atoms with Crippen LogP contribution in [0.1, 0.15) is 26.7 Å². The lowest BCUT2D eigenvalue weighted by Gasteiger charge is -2.26. The minimum atomic E-state index is -2.93. The molecule has 0 radical (unpaired) electrons. The number of fused-ring (bicyclic) bond motifs is 5. The molecule has 1 N–H and O–H groups in total. The van der Waals surface area contributed by atoms with Crippen molar-refractivity contribution in [2.24, 2.45) is 23.2 Å². The average Bonchev–Trinajstić information content (AvgIpc) is 2.54. The van der Waals surface area contributed by atoms with Gasteiger partial charge >= 0.3 is 0 Å². The Balaban J connectivity index is 2.01. The fourth-order valence-corrected chi connectivity index (χ4v) is 6.03. The largest absolute Gasteiger partial charge is 0.212 e. The summed E-state index contributed by atoms with van der Waals surface area (Å²) in [7, 11) is -2.93. The zero-order chi connectivity index (χ0) is 10.1. The van der Waals surface area contributed by atoms with Gasteiger partial charge in [0.25, 0.3) is 0 Å². The van der Waals surface area contributed by atoms with E-state index in [0.717, 1.165) is 0 Å². The predicted molar refractivity (Wildman–Crippen MR) is 54.2 cm³/mol. The van der Waals surface area contributed by atoms with Crippen molar-refractivity contribution in [3.8, 4) is 0 Å². The van der Waals surface area contributed by atoms with Gasteiger partial charge < -0.3 is 0 Å². The number of nitrogens with one attached hydrogen (secondary N) is 1. The number of rotatable bonds is 0. The van der Waals surface area contributed by atoms with E-state index in [1.165, 1.54) is 12.8 Å². The van der Waals surface area contributed by atoms with E-state index < -0.39 is 10.0 Å². The van der Waals surface area contributed by atoms with E-state index in [4.69, 9.17) is 0 Å². The molecule has 1 heterocycles. The fourth-order valence-electron chi connectivity index (χ4n) is 4.23. The molecule has 80 valence electrons. The third-order valence-corrected chi connectivity index (χ3v) is 6.29. The number of hydrogen-bond acceptors (Lipinski definition) is 2. The van der Waals surface area contributed by atoms with Crippen LogP contribution in [-0.2, 0) is 10.0 Å². The van der Waals surface area contributed by atoms with Gasteiger partial charge in [-0.05, 0) is 36.0 Å². The second kappa shape index (κ2) is 2.35. The van der Waals surface area contributed by atoms with Crippen LogP contribution in [-0.4, -0.2) is 20.2 Å². The van der Waals surface area contributed by atoms with Crippen molar-refractivity contribution in [1.29, 1.82) is 0 Å². The Morgan fingerprint density at radius 1 is 1.21 bits per heavy atom. The Morgan fingerprint density at radius 2 is 1.86 bits per heavy atom.